The lowest BCUT2D eigenvalue weighted by Crippen LogP contribution is -2.37. The van der Waals surface area contributed by atoms with E-state index in [1.807, 2.05) is 6.07 Å². The van der Waals surface area contributed by atoms with E-state index >= 15 is 0 Å². The number of aryl methyl sites for hydroxylation is 3. The molecule has 0 aliphatic heterocycles. The van der Waals surface area contributed by atoms with E-state index in [1.54, 1.807) is 12.1 Å². The molecule has 0 saturated heterocycles. The van der Waals surface area contributed by atoms with Crippen LogP contribution in [0.4, 0.5) is 4.39 Å². The largest absolute Gasteiger partial charge is 0.344 e. The Kier molecular flexibility index (Phi) is 4.36. The fourth-order valence-electron chi connectivity index (χ4n) is 4.34. The highest BCUT2D eigenvalue weighted by Gasteiger charge is 2.28. The van der Waals surface area contributed by atoms with Crippen LogP contribution in [0.3, 0.4) is 0 Å². The molecule has 0 bridgehead atoms. The molecule has 1 atom stereocenters. The maximum Gasteiger partial charge on any atom is 0.123 e. The summed E-state index contributed by atoms with van der Waals surface area (Å²) in [6, 6.07) is 13.9. The van der Waals surface area contributed by atoms with Crippen molar-refractivity contribution in [1.29, 1.82) is 0 Å². The fourth-order valence-corrected chi connectivity index (χ4v) is 4.34. The smallest absolute Gasteiger partial charge is 0.123 e. The highest BCUT2D eigenvalue weighted by molar-refractivity contribution is 5.86. The minimum absolute atomic E-state index is 0.168. The number of nitrogens with two attached hydrogens (primary N) is 1. The Bertz CT molecular complexity index is 935. The summed E-state index contributed by atoms with van der Waals surface area (Å²) in [4.78, 5) is 0. The zero-order chi connectivity index (χ0) is 18.3. The monoisotopic (exact) mass is 350 g/mol. The van der Waals surface area contributed by atoms with Crippen LogP contribution in [0.2, 0.25) is 0 Å². The van der Waals surface area contributed by atoms with Crippen molar-refractivity contribution < 1.29 is 4.39 Å². The first-order valence-electron chi connectivity index (χ1n) is 9.57. The van der Waals surface area contributed by atoms with Gasteiger partial charge < -0.3 is 10.3 Å². The summed E-state index contributed by atoms with van der Waals surface area (Å²) in [5, 5.41) is 1.04. The average molecular weight is 350 g/mol. The maximum atomic E-state index is 14.0. The predicted octanol–water partition coefficient (Wildman–Crippen LogP) is 4.93. The molecule has 1 aromatic heterocycles. The van der Waals surface area contributed by atoms with E-state index in [2.05, 4.69) is 42.7 Å². The van der Waals surface area contributed by atoms with Gasteiger partial charge in [-0.15, -0.1) is 0 Å². The second kappa shape index (κ2) is 6.55. The predicted molar refractivity (Wildman–Crippen MR) is 106 cm³/mol. The molecule has 3 heteroatoms. The van der Waals surface area contributed by atoms with Gasteiger partial charge in [0.25, 0.3) is 0 Å². The first-order valence-corrected chi connectivity index (χ1v) is 9.57. The minimum atomic E-state index is -0.215. The van der Waals surface area contributed by atoms with Crippen LogP contribution in [0.5, 0.6) is 0 Å². The number of benzene rings is 2. The number of aromatic nitrogens is 1. The molecular formula is C23H27FN2. The molecule has 2 nitrogen and oxygen atoms in total. The van der Waals surface area contributed by atoms with Gasteiger partial charge in [-0.3, -0.25) is 0 Å². The number of halogens is 1. The van der Waals surface area contributed by atoms with E-state index in [0.717, 1.165) is 49.6 Å². The van der Waals surface area contributed by atoms with Crippen LogP contribution in [-0.2, 0) is 25.8 Å². The zero-order valence-electron chi connectivity index (χ0n) is 15.7. The molecule has 0 spiro atoms. The lowest BCUT2D eigenvalue weighted by atomic mass is 9.91. The van der Waals surface area contributed by atoms with Crippen LogP contribution >= 0.6 is 0 Å². The Hall–Kier alpha value is -2.13. The molecule has 136 valence electrons. The number of fused-ring (bicyclic) bond motifs is 3. The van der Waals surface area contributed by atoms with Gasteiger partial charge in [-0.2, -0.15) is 0 Å². The summed E-state index contributed by atoms with van der Waals surface area (Å²) in [5.41, 5.74) is 12.7. The minimum Gasteiger partial charge on any atom is -0.344 e. The molecule has 0 saturated carbocycles. The van der Waals surface area contributed by atoms with E-state index in [1.165, 1.54) is 22.4 Å². The van der Waals surface area contributed by atoms with Gasteiger partial charge >= 0.3 is 0 Å². The Morgan fingerprint density at radius 3 is 2.69 bits per heavy atom. The summed E-state index contributed by atoms with van der Waals surface area (Å²) in [6.07, 6.45) is 4.92. The summed E-state index contributed by atoms with van der Waals surface area (Å²) >= 11 is 0. The summed E-state index contributed by atoms with van der Waals surface area (Å²) in [6.45, 7) is 5.15. The summed E-state index contributed by atoms with van der Waals surface area (Å²) in [7, 11) is 0. The van der Waals surface area contributed by atoms with Gasteiger partial charge in [0.2, 0.25) is 0 Å². The molecule has 2 N–H and O–H groups in total. The molecule has 1 aliphatic rings. The third kappa shape index (κ3) is 3.28. The average Bonchev–Trinajstić information content (AvgIpc) is 2.75. The quantitative estimate of drug-likeness (QED) is 0.667. The highest BCUT2D eigenvalue weighted by Crippen LogP contribution is 2.34. The SMILES string of the molecule is Cc1ccc(CCn2c3c(c4cc(F)ccc42)CC(C)(N)CCC3)cc1. The first-order chi connectivity index (χ1) is 12.4. The number of hydrogen-bond acceptors (Lipinski definition) is 1. The number of nitrogens with zero attached hydrogens (tertiary/aromatic N) is 1. The van der Waals surface area contributed by atoms with Gasteiger partial charge in [0, 0.05) is 28.7 Å². The van der Waals surface area contributed by atoms with Crippen molar-refractivity contribution in [3.63, 3.8) is 0 Å². The van der Waals surface area contributed by atoms with Crippen molar-refractivity contribution in [2.24, 2.45) is 5.73 Å². The van der Waals surface area contributed by atoms with Crippen molar-refractivity contribution in [2.75, 3.05) is 0 Å². The van der Waals surface area contributed by atoms with Crippen molar-refractivity contribution in [1.82, 2.24) is 4.57 Å². The Labute approximate surface area is 154 Å². The number of rotatable bonds is 3. The molecule has 1 heterocycles. The molecule has 0 amide bonds. The second-order valence-corrected chi connectivity index (χ2v) is 8.16. The van der Waals surface area contributed by atoms with Crippen LogP contribution in [0.1, 0.15) is 42.1 Å². The molecule has 0 fully saturated rings. The van der Waals surface area contributed by atoms with Crippen LogP contribution in [0.15, 0.2) is 42.5 Å². The lowest BCUT2D eigenvalue weighted by Gasteiger charge is -2.22. The Balaban J connectivity index is 1.76. The highest BCUT2D eigenvalue weighted by atomic mass is 19.1. The normalized spacial score (nSPS) is 20.2. The standard InChI is InChI=1S/C23H27FN2/c1-16-5-7-17(8-6-16)11-13-26-21-4-3-12-23(2,25)15-20(21)19-14-18(24)9-10-22(19)26/h5-10,14H,3-4,11-13,15,25H2,1-2H3. The van der Waals surface area contributed by atoms with E-state index in [0.29, 0.717) is 0 Å². The second-order valence-electron chi connectivity index (χ2n) is 8.16. The Morgan fingerprint density at radius 2 is 1.92 bits per heavy atom. The lowest BCUT2D eigenvalue weighted by molar-refractivity contribution is 0.429. The van der Waals surface area contributed by atoms with Gasteiger partial charge in [0.1, 0.15) is 5.82 Å². The summed E-state index contributed by atoms with van der Waals surface area (Å²) < 4.78 is 16.4. The summed E-state index contributed by atoms with van der Waals surface area (Å²) in [5.74, 6) is -0.168. The van der Waals surface area contributed by atoms with Gasteiger partial charge in [-0.25, -0.2) is 4.39 Å². The van der Waals surface area contributed by atoms with E-state index in [-0.39, 0.29) is 11.4 Å². The van der Waals surface area contributed by atoms with Gasteiger partial charge in [0.05, 0.1) is 0 Å². The molecule has 1 aliphatic carbocycles. The van der Waals surface area contributed by atoms with Crippen LogP contribution in [0.25, 0.3) is 10.9 Å². The molecule has 2 aromatic carbocycles. The van der Waals surface area contributed by atoms with Crippen molar-refractivity contribution in [2.45, 2.75) is 58.0 Å². The molecule has 0 radical (unpaired) electrons. The van der Waals surface area contributed by atoms with Crippen molar-refractivity contribution in [3.8, 4) is 0 Å². The molecule has 3 aromatic rings. The first kappa shape index (κ1) is 17.3. The molecule has 26 heavy (non-hydrogen) atoms. The topological polar surface area (TPSA) is 30.9 Å². The fraction of sp³-hybridized carbons (Fsp3) is 0.391. The van der Waals surface area contributed by atoms with Gasteiger partial charge in [0.15, 0.2) is 0 Å². The molecule has 4 rings (SSSR count). The van der Waals surface area contributed by atoms with Gasteiger partial charge in [-0.05, 0) is 75.3 Å². The third-order valence-electron chi connectivity index (χ3n) is 5.74. The molecular weight excluding hydrogens is 323 g/mol. The maximum absolute atomic E-state index is 14.0. The Morgan fingerprint density at radius 1 is 1.15 bits per heavy atom. The van der Waals surface area contributed by atoms with Crippen LogP contribution in [0, 0.1) is 12.7 Å². The molecule has 1 unspecified atom stereocenters. The third-order valence-corrected chi connectivity index (χ3v) is 5.74. The zero-order valence-corrected chi connectivity index (χ0v) is 15.7. The van der Waals surface area contributed by atoms with E-state index in [4.69, 9.17) is 5.73 Å². The van der Waals surface area contributed by atoms with Crippen LogP contribution in [-0.4, -0.2) is 10.1 Å². The van der Waals surface area contributed by atoms with Crippen molar-refractivity contribution in [3.05, 3.63) is 70.7 Å². The van der Waals surface area contributed by atoms with Crippen molar-refractivity contribution >= 4 is 10.9 Å². The van der Waals surface area contributed by atoms with E-state index in [9.17, 15) is 4.39 Å². The van der Waals surface area contributed by atoms with Gasteiger partial charge in [-0.1, -0.05) is 29.8 Å². The van der Waals surface area contributed by atoms with Crippen LogP contribution < -0.4 is 5.73 Å². The van der Waals surface area contributed by atoms with E-state index < -0.39 is 0 Å². The number of hydrogen-bond donors (Lipinski definition) is 1.